The summed E-state index contributed by atoms with van der Waals surface area (Å²) >= 11 is 0. The summed E-state index contributed by atoms with van der Waals surface area (Å²) in [5, 5.41) is 3.47. The van der Waals surface area contributed by atoms with E-state index in [1.54, 1.807) is 0 Å². The molecule has 0 saturated carbocycles. The molecule has 0 saturated heterocycles. The molecule has 0 spiro atoms. The Hall–Kier alpha value is -0.830. The molecule has 0 bridgehead atoms. The lowest BCUT2D eigenvalue weighted by atomic mass is 10.2. The first-order valence-corrected chi connectivity index (χ1v) is 5.36. The van der Waals surface area contributed by atoms with Crippen LogP contribution in [0.5, 0.6) is 0 Å². The Morgan fingerprint density at radius 1 is 1.50 bits per heavy atom. The van der Waals surface area contributed by atoms with Crippen LogP contribution in [-0.2, 0) is 6.54 Å². The molecule has 3 nitrogen and oxygen atoms in total. The van der Waals surface area contributed by atoms with Crippen molar-refractivity contribution in [3.05, 3.63) is 17.7 Å². The van der Waals surface area contributed by atoms with Gasteiger partial charge in [-0.3, -0.25) is 0 Å². The molecule has 3 heteroatoms. The number of nitrogens with one attached hydrogen (secondary N) is 1. The van der Waals surface area contributed by atoms with Crippen LogP contribution >= 0.6 is 0 Å². The van der Waals surface area contributed by atoms with Gasteiger partial charge in [-0.2, -0.15) is 0 Å². The molecule has 80 valence electrons. The van der Waals surface area contributed by atoms with Gasteiger partial charge in [0.15, 0.2) is 0 Å². The van der Waals surface area contributed by atoms with Crippen molar-refractivity contribution >= 4 is 0 Å². The number of hydrogen-bond donors (Lipinski definition) is 1. The summed E-state index contributed by atoms with van der Waals surface area (Å²) in [6, 6.07) is 0.611. The fourth-order valence-electron chi connectivity index (χ4n) is 1.35. The van der Waals surface area contributed by atoms with E-state index < -0.39 is 0 Å². The first-order chi connectivity index (χ1) is 6.65. The number of hydrogen-bond acceptors (Lipinski definition) is 2. The predicted molar refractivity (Wildman–Crippen MR) is 59.5 cm³/mol. The number of nitrogens with zero attached hydrogens (tertiary/aromatic N) is 2. The van der Waals surface area contributed by atoms with Gasteiger partial charge in [0.05, 0.1) is 12.0 Å². The van der Waals surface area contributed by atoms with Crippen molar-refractivity contribution in [3.8, 4) is 0 Å². The first-order valence-electron chi connectivity index (χ1n) is 5.36. The highest BCUT2D eigenvalue weighted by Gasteiger charge is 2.01. The Bertz CT molecular complexity index is 278. The van der Waals surface area contributed by atoms with Crippen LogP contribution < -0.4 is 5.32 Å². The average Bonchev–Trinajstić information content (AvgIpc) is 2.49. The van der Waals surface area contributed by atoms with Gasteiger partial charge >= 0.3 is 0 Å². The summed E-state index contributed by atoms with van der Waals surface area (Å²) in [6.45, 7) is 10.6. The second-order valence-electron chi connectivity index (χ2n) is 3.87. The molecular formula is C11H21N3. The Morgan fingerprint density at radius 2 is 2.21 bits per heavy atom. The van der Waals surface area contributed by atoms with Gasteiger partial charge in [0.1, 0.15) is 0 Å². The molecule has 0 aliphatic rings. The van der Waals surface area contributed by atoms with Crippen molar-refractivity contribution in [2.24, 2.45) is 0 Å². The first kappa shape index (κ1) is 11.2. The summed E-state index contributed by atoms with van der Waals surface area (Å²) in [4.78, 5) is 4.27. The van der Waals surface area contributed by atoms with Crippen LogP contribution in [0.25, 0.3) is 0 Å². The molecule has 1 N–H and O–H groups in total. The normalized spacial score (nSPS) is 13.1. The summed E-state index contributed by atoms with van der Waals surface area (Å²) in [6.07, 6.45) is 3.10. The molecular weight excluding hydrogens is 174 g/mol. The molecule has 14 heavy (non-hydrogen) atoms. The van der Waals surface area contributed by atoms with Crippen molar-refractivity contribution in [1.82, 2.24) is 14.9 Å². The molecule has 1 atom stereocenters. The van der Waals surface area contributed by atoms with E-state index in [1.165, 1.54) is 12.1 Å². The van der Waals surface area contributed by atoms with Crippen LogP contribution in [0.15, 0.2) is 6.33 Å². The van der Waals surface area contributed by atoms with Crippen molar-refractivity contribution in [1.29, 1.82) is 0 Å². The van der Waals surface area contributed by atoms with E-state index in [-0.39, 0.29) is 0 Å². The molecule has 1 rings (SSSR count). The second-order valence-corrected chi connectivity index (χ2v) is 3.87. The SMILES string of the molecule is CCC(C)NCCn1cnc(C)c1C. The highest BCUT2D eigenvalue weighted by molar-refractivity contribution is 5.08. The van der Waals surface area contributed by atoms with Crippen molar-refractivity contribution in [2.45, 2.75) is 46.7 Å². The zero-order valence-electron chi connectivity index (χ0n) is 9.67. The monoisotopic (exact) mass is 195 g/mol. The Balaban J connectivity index is 2.35. The van der Waals surface area contributed by atoms with Gasteiger partial charge in [-0.05, 0) is 27.2 Å². The summed E-state index contributed by atoms with van der Waals surface area (Å²) in [5.41, 5.74) is 2.41. The maximum absolute atomic E-state index is 4.27. The van der Waals surface area contributed by atoms with Crippen molar-refractivity contribution in [2.75, 3.05) is 6.54 Å². The maximum atomic E-state index is 4.27. The lowest BCUT2D eigenvalue weighted by Crippen LogP contribution is -2.28. The fourth-order valence-corrected chi connectivity index (χ4v) is 1.35. The van der Waals surface area contributed by atoms with Gasteiger partial charge < -0.3 is 9.88 Å². The zero-order chi connectivity index (χ0) is 10.6. The molecule has 1 aromatic heterocycles. The second kappa shape index (κ2) is 5.15. The topological polar surface area (TPSA) is 29.9 Å². The van der Waals surface area contributed by atoms with Crippen molar-refractivity contribution in [3.63, 3.8) is 0 Å². The Morgan fingerprint density at radius 3 is 2.71 bits per heavy atom. The van der Waals surface area contributed by atoms with E-state index in [0.29, 0.717) is 6.04 Å². The highest BCUT2D eigenvalue weighted by atomic mass is 15.1. The molecule has 1 unspecified atom stereocenters. The van der Waals surface area contributed by atoms with Crippen LogP contribution in [0.3, 0.4) is 0 Å². The van der Waals surface area contributed by atoms with Gasteiger partial charge in [-0.1, -0.05) is 6.92 Å². The highest BCUT2D eigenvalue weighted by Crippen LogP contribution is 2.03. The molecule has 0 aromatic carbocycles. The standard InChI is InChI=1S/C11H21N3/c1-5-9(2)12-6-7-14-8-13-10(3)11(14)4/h8-9,12H,5-7H2,1-4H3. The van der Waals surface area contributed by atoms with Gasteiger partial charge in [-0.25, -0.2) is 4.98 Å². The fraction of sp³-hybridized carbons (Fsp3) is 0.727. The van der Waals surface area contributed by atoms with Gasteiger partial charge in [0.25, 0.3) is 0 Å². The van der Waals surface area contributed by atoms with Crippen LogP contribution in [0.2, 0.25) is 0 Å². The van der Waals surface area contributed by atoms with Crippen LogP contribution in [0.4, 0.5) is 0 Å². The van der Waals surface area contributed by atoms with E-state index >= 15 is 0 Å². The lowest BCUT2D eigenvalue weighted by Gasteiger charge is -2.12. The predicted octanol–water partition coefficient (Wildman–Crippen LogP) is 1.89. The molecule has 1 aromatic rings. The molecule has 0 radical (unpaired) electrons. The van der Waals surface area contributed by atoms with Crippen LogP contribution in [-0.4, -0.2) is 22.1 Å². The van der Waals surface area contributed by atoms with E-state index in [2.05, 4.69) is 35.6 Å². The molecule has 0 aliphatic carbocycles. The van der Waals surface area contributed by atoms with Crippen LogP contribution in [0.1, 0.15) is 31.7 Å². The Labute approximate surface area is 86.5 Å². The number of aromatic nitrogens is 2. The minimum absolute atomic E-state index is 0.611. The number of aryl methyl sites for hydroxylation is 1. The third kappa shape index (κ3) is 2.84. The van der Waals surface area contributed by atoms with Crippen LogP contribution in [0, 0.1) is 13.8 Å². The van der Waals surface area contributed by atoms with E-state index in [0.717, 1.165) is 18.8 Å². The van der Waals surface area contributed by atoms with Gasteiger partial charge in [-0.15, -0.1) is 0 Å². The lowest BCUT2D eigenvalue weighted by molar-refractivity contribution is 0.501. The average molecular weight is 195 g/mol. The maximum Gasteiger partial charge on any atom is 0.0951 e. The van der Waals surface area contributed by atoms with E-state index in [9.17, 15) is 0 Å². The van der Waals surface area contributed by atoms with Gasteiger partial charge in [0.2, 0.25) is 0 Å². The smallest absolute Gasteiger partial charge is 0.0951 e. The third-order valence-electron chi connectivity index (χ3n) is 2.80. The molecule has 0 fully saturated rings. The summed E-state index contributed by atoms with van der Waals surface area (Å²) < 4.78 is 2.20. The van der Waals surface area contributed by atoms with Gasteiger partial charge in [0, 0.05) is 24.8 Å². The largest absolute Gasteiger partial charge is 0.333 e. The summed E-state index contributed by atoms with van der Waals surface area (Å²) in [7, 11) is 0. The molecule has 0 amide bonds. The quantitative estimate of drug-likeness (QED) is 0.777. The van der Waals surface area contributed by atoms with E-state index in [1.807, 2.05) is 13.3 Å². The summed E-state index contributed by atoms with van der Waals surface area (Å²) in [5.74, 6) is 0. The minimum Gasteiger partial charge on any atom is -0.333 e. The zero-order valence-corrected chi connectivity index (χ0v) is 9.67. The number of rotatable bonds is 5. The van der Waals surface area contributed by atoms with E-state index in [4.69, 9.17) is 0 Å². The number of imidazole rings is 1. The molecule has 0 aliphatic heterocycles. The Kier molecular flexibility index (Phi) is 4.14. The third-order valence-corrected chi connectivity index (χ3v) is 2.80. The van der Waals surface area contributed by atoms with Crippen molar-refractivity contribution < 1.29 is 0 Å². The molecule has 1 heterocycles. The minimum atomic E-state index is 0.611.